The predicted octanol–water partition coefficient (Wildman–Crippen LogP) is 1.60. The first kappa shape index (κ1) is 7.28. The summed E-state index contributed by atoms with van der Waals surface area (Å²) in [5, 5.41) is 3.69. The summed E-state index contributed by atoms with van der Waals surface area (Å²) in [7, 11) is 0. The van der Waals surface area contributed by atoms with Gasteiger partial charge < -0.3 is 9.26 Å². The van der Waals surface area contributed by atoms with Crippen molar-refractivity contribution >= 4 is 0 Å². The van der Waals surface area contributed by atoms with E-state index >= 15 is 0 Å². The van der Waals surface area contributed by atoms with Gasteiger partial charge >= 0.3 is 0 Å². The van der Waals surface area contributed by atoms with E-state index in [2.05, 4.69) is 16.6 Å². The first-order chi connectivity index (χ1) is 4.93. The normalized spacial score (nSPS) is 10.1. The van der Waals surface area contributed by atoms with Gasteiger partial charge in [-0.15, -0.1) is 0 Å². The first-order valence-corrected chi connectivity index (χ1v) is 3.40. The number of ether oxygens (including phenoxy) is 1. The van der Waals surface area contributed by atoms with Crippen LogP contribution >= 0.6 is 0 Å². The van der Waals surface area contributed by atoms with E-state index in [1.165, 1.54) is 0 Å². The zero-order valence-corrected chi connectivity index (χ0v) is 6.04. The molecular formula is C7H11NO2. The molecule has 0 saturated heterocycles. The highest BCUT2D eigenvalue weighted by Crippen LogP contribution is 1.96. The summed E-state index contributed by atoms with van der Waals surface area (Å²) >= 11 is 0. The van der Waals surface area contributed by atoms with Gasteiger partial charge in [0.15, 0.2) is 0 Å². The lowest BCUT2D eigenvalue weighted by molar-refractivity contribution is 0.116. The van der Waals surface area contributed by atoms with E-state index < -0.39 is 0 Å². The molecule has 0 fully saturated rings. The molecule has 0 aromatic carbocycles. The molecule has 0 aliphatic carbocycles. The zero-order valence-electron chi connectivity index (χ0n) is 6.04. The van der Waals surface area contributed by atoms with Crippen LogP contribution in [0.25, 0.3) is 0 Å². The summed E-state index contributed by atoms with van der Waals surface area (Å²) in [4.78, 5) is 0. The van der Waals surface area contributed by atoms with Crippen molar-refractivity contribution in [2.24, 2.45) is 0 Å². The summed E-state index contributed by atoms with van der Waals surface area (Å²) < 4.78 is 9.82. The van der Waals surface area contributed by atoms with Crippen molar-refractivity contribution < 1.29 is 9.26 Å². The molecule has 3 nitrogen and oxygen atoms in total. The van der Waals surface area contributed by atoms with Gasteiger partial charge in [-0.1, -0.05) is 12.1 Å². The van der Waals surface area contributed by atoms with Gasteiger partial charge in [-0.3, -0.25) is 0 Å². The Kier molecular flexibility index (Phi) is 2.96. The second kappa shape index (κ2) is 4.06. The number of nitrogens with zero attached hydrogens (tertiary/aromatic N) is 1. The third kappa shape index (κ3) is 2.19. The zero-order chi connectivity index (χ0) is 7.23. The van der Waals surface area contributed by atoms with Gasteiger partial charge in [-0.25, -0.2) is 0 Å². The second-order valence-electron chi connectivity index (χ2n) is 2.04. The van der Waals surface area contributed by atoms with Crippen LogP contribution in [0.4, 0.5) is 0 Å². The molecule has 0 spiro atoms. The van der Waals surface area contributed by atoms with Crippen molar-refractivity contribution in [3.63, 3.8) is 0 Å². The van der Waals surface area contributed by atoms with E-state index in [-0.39, 0.29) is 0 Å². The maximum absolute atomic E-state index is 5.20. The van der Waals surface area contributed by atoms with Crippen LogP contribution in [0.15, 0.2) is 16.9 Å². The minimum atomic E-state index is 0.560. The summed E-state index contributed by atoms with van der Waals surface area (Å²) in [5.41, 5.74) is 0.855. The summed E-state index contributed by atoms with van der Waals surface area (Å²) in [6.07, 6.45) is 2.59. The van der Waals surface area contributed by atoms with Crippen molar-refractivity contribution in [2.45, 2.75) is 20.0 Å². The van der Waals surface area contributed by atoms with Crippen LogP contribution in [0.1, 0.15) is 19.0 Å². The lowest BCUT2D eigenvalue weighted by atomic mass is 10.4. The maximum atomic E-state index is 5.20. The topological polar surface area (TPSA) is 35.3 Å². The van der Waals surface area contributed by atoms with E-state index in [0.717, 1.165) is 18.7 Å². The maximum Gasteiger partial charge on any atom is 0.124 e. The molecule has 0 unspecified atom stereocenters. The van der Waals surface area contributed by atoms with E-state index in [0.29, 0.717) is 6.61 Å². The summed E-state index contributed by atoms with van der Waals surface area (Å²) in [6, 6.07) is 1.80. The van der Waals surface area contributed by atoms with Gasteiger partial charge in [-0.05, 0) is 6.42 Å². The van der Waals surface area contributed by atoms with Gasteiger partial charge in [0.05, 0.1) is 6.61 Å². The molecule has 1 aromatic heterocycles. The summed E-state index contributed by atoms with van der Waals surface area (Å²) in [6.45, 7) is 3.42. The van der Waals surface area contributed by atoms with Crippen molar-refractivity contribution in [1.29, 1.82) is 0 Å². The smallest absolute Gasteiger partial charge is 0.124 e. The molecule has 0 N–H and O–H groups in total. The van der Waals surface area contributed by atoms with Crippen LogP contribution in [0.3, 0.4) is 0 Å². The second-order valence-corrected chi connectivity index (χ2v) is 2.04. The Labute approximate surface area is 60.0 Å². The minimum Gasteiger partial charge on any atom is -0.375 e. The molecule has 1 aromatic rings. The molecule has 1 rings (SSSR count). The molecule has 0 atom stereocenters. The van der Waals surface area contributed by atoms with Gasteiger partial charge in [0.25, 0.3) is 0 Å². The van der Waals surface area contributed by atoms with E-state index in [9.17, 15) is 0 Å². The molecule has 3 heteroatoms. The molecule has 1 heterocycles. The molecule has 0 amide bonds. The highest BCUT2D eigenvalue weighted by molar-refractivity contribution is 4.92. The molecule has 0 aliphatic heterocycles. The fraction of sp³-hybridized carbons (Fsp3) is 0.571. The van der Waals surface area contributed by atoms with Gasteiger partial charge in [-0.2, -0.15) is 0 Å². The Balaban J connectivity index is 2.15. The fourth-order valence-corrected chi connectivity index (χ4v) is 0.633. The predicted molar refractivity (Wildman–Crippen MR) is 36.5 cm³/mol. The van der Waals surface area contributed by atoms with Gasteiger partial charge in [0.2, 0.25) is 0 Å². The largest absolute Gasteiger partial charge is 0.375 e. The van der Waals surface area contributed by atoms with Crippen LogP contribution in [-0.4, -0.2) is 11.8 Å². The quantitative estimate of drug-likeness (QED) is 0.597. The third-order valence-electron chi connectivity index (χ3n) is 1.09. The van der Waals surface area contributed by atoms with Crippen LogP contribution < -0.4 is 0 Å². The summed E-state index contributed by atoms with van der Waals surface area (Å²) in [5.74, 6) is 0. The Hall–Kier alpha value is -0.830. The molecule has 0 aliphatic rings. The van der Waals surface area contributed by atoms with Gasteiger partial charge in [0, 0.05) is 12.7 Å². The van der Waals surface area contributed by atoms with Crippen LogP contribution in [0.2, 0.25) is 0 Å². The van der Waals surface area contributed by atoms with Crippen molar-refractivity contribution in [1.82, 2.24) is 5.16 Å². The van der Waals surface area contributed by atoms with Crippen LogP contribution in [-0.2, 0) is 11.3 Å². The lowest BCUT2D eigenvalue weighted by Crippen LogP contribution is -1.93. The van der Waals surface area contributed by atoms with Crippen LogP contribution in [0, 0.1) is 0 Å². The van der Waals surface area contributed by atoms with Crippen molar-refractivity contribution in [3.05, 3.63) is 18.0 Å². The molecule has 56 valence electrons. The number of rotatable bonds is 4. The number of hydrogen-bond acceptors (Lipinski definition) is 3. The van der Waals surface area contributed by atoms with Crippen molar-refractivity contribution in [2.75, 3.05) is 6.61 Å². The average Bonchev–Trinajstić information content (AvgIpc) is 2.41. The SMILES string of the molecule is CCCOCc1ccon1. The molecule has 0 bridgehead atoms. The average molecular weight is 141 g/mol. The fourth-order valence-electron chi connectivity index (χ4n) is 0.633. The number of hydrogen-bond donors (Lipinski definition) is 0. The molecule has 0 saturated carbocycles. The first-order valence-electron chi connectivity index (χ1n) is 3.40. The highest BCUT2D eigenvalue weighted by Gasteiger charge is 1.93. The van der Waals surface area contributed by atoms with Crippen molar-refractivity contribution in [3.8, 4) is 0 Å². The van der Waals surface area contributed by atoms with E-state index in [1.807, 2.05) is 0 Å². The minimum absolute atomic E-state index is 0.560. The third-order valence-corrected chi connectivity index (χ3v) is 1.09. The molecule has 0 radical (unpaired) electrons. The molecular weight excluding hydrogens is 130 g/mol. The Morgan fingerprint density at radius 3 is 3.20 bits per heavy atom. The Bertz CT molecular complexity index is 160. The van der Waals surface area contributed by atoms with Crippen LogP contribution in [0.5, 0.6) is 0 Å². The highest BCUT2D eigenvalue weighted by atomic mass is 16.5. The van der Waals surface area contributed by atoms with Gasteiger partial charge in [0.1, 0.15) is 12.0 Å². The molecule has 10 heavy (non-hydrogen) atoms. The Morgan fingerprint density at radius 1 is 1.70 bits per heavy atom. The van der Waals surface area contributed by atoms with E-state index in [1.54, 1.807) is 12.3 Å². The number of aromatic nitrogens is 1. The van der Waals surface area contributed by atoms with E-state index in [4.69, 9.17) is 4.74 Å². The lowest BCUT2D eigenvalue weighted by Gasteiger charge is -1.95. The standard InChI is InChI=1S/C7H11NO2/c1-2-4-9-6-7-3-5-10-8-7/h3,5H,2,4,6H2,1H3. The Morgan fingerprint density at radius 2 is 2.60 bits per heavy atom. The monoisotopic (exact) mass is 141 g/mol.